The lowest BCUT2D eigenvalue weighted by atomic mass is 9.95. The summed E-state index contributed by atoms with van der Waals surface area (Å²) in [4.78, 5) is 32.0. The number of aromatic nitrogens is 1. The second-order valence-electron chi connectivity index (χ2n) is 7.96. The highest BCUT2D eigenvalue weighted by atomic mass is 79.9. The first-order valence-corrected chi connectivity index (χ1v) is 12.8. The van der Waals surface area contributed by atoms with Crippen molar-refractivity contribution in [1.29, 1.82) is 0 Å². The molecule has 0 bridgehead atoms. The van der Waals surface area contributed by atoms with Gasteiger partial charge in [-0.05, 0) is 49.8 Å². The number of allylic oxidation sites excluding steroid dienone is 1. The third-order valence-electron chi connectivity index (χ3n) is 5.84. The van der Waals surface area contributed by atoms with E-state index in [-0.39, 0.29) is 29.2 Å². The highest BCUT2D eigenvalue weighted by Gasteiger charge is 2.35. The van der Waals surface area contributed by atoms with Crippen molar-refractivity contribution in [2.24, 2.45) is 4.99 Å². The highest BCUT2D eigenvalue weighted by molar-refractivity contribution is 9.10. The second-order valence-corrected chi connectivity index (χ2v) is 9.82. The molecule has 37 heavy (non-hydrogen) atoms. The minimum atomic E-state index is -0.837. The van der Waals surface area contributed by atoms with Gasteiger partial charge in [-0.1, -0.05) is 27.3 Å². The van der Waals surface area contributed by atoms with E-state index in [1.54, 1.807) is 51.3 Å². The molecule has 1 atom stereocenters. The monoisotopic (exact) mass is 588 g/mol. The number of hydrogen-bond donors (Lipinski definition) is 1. The van der Waals surface area contributed by atoms with Crippen LogP contribution in [0.15, 0.2) is 55.9 Å². The van der Waals surface area contributed by atoms with Crippen molar-refractivity contribution >= 4 is 39.3 Å². The number of hydrogen-bond acceptors (Lipinski definition) is 9. The lowest BCUT2D eigenvalue weighted by Crippen LogP contribution is -2.40. The highest BCUT2D eigenvalue weighted by Crippen LogP contribution is 2.38. The van der Waals surface area contributed by atoms with Gasteiger partial charge in [0.05, 0.1) is 43.7 Å². The van der Waals surface area contributed by atoms with Crippen molar-refractivity contribution in [1.82, 2.24) is 4.57 Å². The van der Waals surface area contributed by atoms with Crippen LogP contribution in [0.4, 0.5) is 0 Å². The van der Waals surface area contributed by atoms with Crippen LogP contribution in [0.1, 0.15) is 31.0 Å². The van der Waals surface area contributed by atoms with Crippen LogP contribution in [0, 0.1) is 0 Å². The first-order valence-electron chi connectivity index (χ1n) is 11.2. The Morgan fingerprint density at radius 3 is 2.54 bits per heavy atom. The van der Waals surface area contributed by atoms with Gasteiger partial charge in [-0.15, -0.1) is 0 Å². The number of nitrogens with zero attached hydrogens (tertiary/aromatic N) is 2. The van der Waals surface area contributed by atoms with Gasteiger partial charge in [0.15, 0.2) is 16.3 Å². The molecule has 1 unspecified atom stereocenters. The molecule has 3 aromatic rings. The molecule has 2 heterocycles. The van der Waals surface area contributed by atoms with Gasteiger partial charge in [-0.3, -0.25) is 9.36 Å². The summed E-state index contributed by atoms with van der Waals surface area (Å²) in [6.07, 6.45) is 1.68. The molecule has 0 amide bonds. The largest absolute Gasteiger partial charge is 0.504 e. The Labute approximate surface area is 225 Å². The molecule has 1 aliphatic heterocycles. The topological polar surface area (TPSA) is 109 Å². The van der Waals surface area contributed by atoms with Crippen molar-refractivity contribution in [3.63, 3.8) is 0 Å². The number of phenols is 1. The first-order chi connectivity index (χ1) is 17.7. The summed E-state index contributed by atoms with van der Waals surface area (Å²) < 4.78 is 23.9. The third-order valence-corrected chi connectivity index (χ3v) is 7.51. The fourth-order valence-electron chi connectivity index (χ4n) is 4.10. The lowest BCUT2D eigenvalue weighted by molar-refractivity contribution is -0.139. The molecule has 0 saturated carbocycles. The van der Waals surface area contributed by atoms with E-state index in [0.29, 0.717) is 42.1 Å². The fourth-order valence-corrected chi connectivity index (χ4v) is 5.59. The molecule has 0 fully saturated rings. The summed E-state index contributed by atoms with van der Waals surface area (Å²) in [5.41, 5.74) is 1.55. The smallest absolute Gasteiger partial charge is 0.338 e. The molecule has 0 spiro atoms. The Kier molecular flexibility index (Phi) is 7.74. The van der Waals surface area contributed by atoms with Crippen molar-refractivity contribution in [2.75, 3.05) is 27.9 Å². The summed E-state index contributed by atoms with van der Waals surface area (Å²) in [5, 5.41) is 10.1. The van der Waals surface area contributed by atoms with E-state index < -0.39 is 12.0 Å². The van der Waals surface area contributed by atoms with Crippen LogP contribution in [-0.4, -0.2) is 43.6 Å². The van der Waals surface area contributed by atoms with Gasteiger partial charge in [0.1, 0.15) is 17.5 Å². The Bertz CT molecular complexity index is 1590. The number of methoxy groups -OCH3 is 3. The predicted molar refractivity (Wildman–Crippen MR) is 142 cm³/mol. The zero-order chi connectivity index (χ0) is 26.9. The maximum atomic E-state index is 13.8. The van der Waals surface area contributed by atoms with E-state index in [9.17, 15) is 14.7 Å². The van der Waals surface area contributed by atoms with E-state index in [4.69, 9.17) is 18.9 Å². The van der Waals surface area contributed by atoms with Crippen LogP contribution in [0.25, 0.3) is 6.08 Å². The minimum absolute atomic E-state index is 0.0331. The maximum Gasteiger partial charge on any atom is 0.338 e. The molecule has 0 radical (unpaired) electrons. The van der Waals surface area contributed by atoms with Crippen LogP contribution >= 0.6 is 27.3 Å². The first kappa shape index (κ1) is 26.5. The second kappa shape index (κ2) is 10.8. The molecule has 1 aliphatic rings. The van der Waals surface area contributed by atoms with Crippen molar-refractivity contribution in [3.8, 4) is 23.0 Å². The molecule has 4 rings (SSSR count). The Morgan fingerprint density at radius 2 is 1.89 bits per heavy atom. The number of benzene rings is 2. The van der Waals surface area contributed by atoms with Gasteiger partial charge >= 0.3 is 5.97 Å². The number of fused-ring (bicyclic) bond motifs is 1. The normalized spacial score (nSPS) is 15.2. The Balaban J connectivity index is 2.00. The number of esters is 1. The number of carbonyl (C=O) groups is 1. The van der Waals surface area contributed by atoms with Gasteiger partial charge in [-0.2, -0.15) is 0 Å². The number of phenolic OH excluding ortho intramolecular Hbond substituents is 1. The standard InChI is InChI=1S/C26H25BrN2O7S/c1-6-36-25(32)22-13(2)28-26-29(23(22)16-8-7-15(33-3)11-19(16)34-4)24(31)21(37-26)10-14-9-20(35-5)18(30)12-17(14)27/h7-12,23,30H,6H2,1-5H3. The molecule has 1 N–H and O–H groups in total. The van der Waals surface area contributed by atoms with Gasteiger partial charge in [0, 0.05) is 16.1 Å². The number of thiazole rings is 1. The number of halogens is 1. The van der Waals surface area contributed by atoms with Crippen molar-refractivity contribution in [2.45, 2.75) is 19.9 Å². The van der Waals surface area contributed by atoms with Crippen LogP contribution in [0.5, 0.6) is 23.0 Å². The molecule has 9 nitrogen and oxygen atoms in total. The zero-order valence-electron chi connectivity index (χ0n) is 20.8. The van der Waals surface area contributed by atoms with Gasteiger partial charge < -0.3 is 24.1 Å². The van der Waals surface area contributed by atoms with E-state index >= 15 is 0 Å². The summed E-state index contributed by atoms with van der Waals surface area (Å²) in [6.45, 7) is 3.60. The van der Waals surface area contributed by atoms with E-state index in [0.717, 1.165) is 0 Å². The fraction of sp³-hybridized carbons (Fsp3) is 0.269. The average Bonchev–Trinajstić information content (AvgIpc) is 3.18. The quantitative estimate of drug-likeness (QED) is 0.422. The zero-order valence-corrected chi connectivity index (χ0v) is 23.2. The van der Waals surface area contributed by atoms with Crippen LogP contribution in [0.3, 0.4) is 0 Å². The molecule has 1 aromatic heterocycles. The van der Waals surface area contributed by atoms with Crippen molar-refractivity contribution in [3.05, 3.63) is 76.9 Å². The molecular weight excluding hydrogens is 564 g/mol. The molecule has 11 heteroatoms. The van der Waals surface area contributed by atoms with E-state index in [2.05, 4.69) is 20.9 Å². The molecule has 194 valence electrons. The molecule has 0 aliphatic carbocycles. The Morgan fingerprint density at radius 1 is 1.16 bits per heavy atom. The number of ether oxygens (including phenoxy) is 4. The van der Waals surface area contributed by atoms with Crippen LogP contribution < -0.4 is 29.1 Å². The van der Waals surface area contributed by atoms with Crippen LogP contribution in [-0.2, 0) is 9.53 Å². The minimum Gasteiger partial charge on any atom is -0.504 e. The Hall–Kier alpha value is -3.57. The summed E-state index contributed by atoms with van der Waals surface area (Å²) in [5.74, 6) is 0.684. The van der Waals surface area contributed by atoms with E-state index in [1.807, 2.05) is 0 Å². The molecular formula is C26H25BrN2O7S. The van der Waals surface area contributed by atoms with Gasteiger partial charge in [0.25, 0.3) is 5.56 Å². The van der Waals surface area contributed by atoms with Gasteiger partial charge in [-0.25, -0.2) is 9.79 Å². The summed E-state index contributed by atoms with van der Waals surface area (Å²) in [6, 6.07) is 7.48. The third kappa shape index (κ3) is 4.88. The summed E-state index contributed by atoms with van der Waals surface area (Å²) in [7, 11) is 4.50. The van der Waals surface area contributed by atoms with Crippen LogP contribution in [0.2, 0.25) is 0 Å². The number of aromatic hydroxyl groups is 1. The molecule has 2 aromatic carbocycles. The maximum absolute atomic E-state index is 13.8. The van der Waals surface area contributed by atoms with Gasteiger partial charge in [0.2, 0.25) is 0 Å². The number of carbonyl (C=O) groups excluding carboxylic acids is 1. The summed E-state index contributed by atoms with van der Waals surface area (Å²) >= 11 is 4.61. The number of rotatable bonds is 7. The van der Waals surface area contributed by atoms with E-state index in [1.165, 1.54) is 36.2 Å². The SMILES string of the molecule is CCOC(=O)C1=C(C)N=c2sc(=Cc3cc(OC)c(O)cc3Br)c(=O)n2C1c1ccc(OC)cc1OC. The average molecular weight is 589 g/mol. The lowest BCUT2D eigenvalue weighted by Gasteiger charge is -2.26. The van der Waals surface area contributed by atoms with Crippen molar-refractivity contribution < 1.29 is 28.8 Å². The predicted octanol–water partition coefficient (Wildman–Crippen LogP) is 3.29. The molecule has 0 saturated heterocycles.